The van der Waals surface area contributed by atoms with Gasteiger partial charge in [-0.2, -0.15) is 0 Å². The number of guanidine groups is 1. The van der Waals surface area contributed by atoms with Gasteiger partial charge in [-0.3, -0.25) is 0 Å². The summed E-state index contributed by atoms with van der Waals surface area (Å²) in [5, 5.41) is 18.7. The molecule has 0 bridgehead atoms. The molecule has 0 unspecified atom stereocenters. The van der Waals surface area contributed by atoms with E-state index >= 15 is 0 Å². The molecule has 180 valence electrons. The molecule has 2 fully saturated rings. The smallest absolute Gasteiger partial charge is 0.407 e. The molecule has 2 saturated carbocycles. The maximum absolute atomic E-state index is 12.1. The first kappa shape index (κ1) is 24.3. The molecule has 1 amide bonds. The molecule has 3 rings (SSSR count). The number of amides is 1. The van der Waals surface area contributed by atoms with E-state index in [1.165, 1.54) is 32.1 Å². The third kappa shape index (κ3) is 7.67. The second-order valence-electron chi connectivity index (χ2n) is 10.2. The first-order valence-electron chi connectivity index (χ1n) is 12.1. The van der Waals surface area contributed by atoms with Gasteiger partial charge in [-0.1, -0.05) is 19.3 Å². The van der Waals surface area contributed by atoms with Gasteiger partial charge in [0, 0.05) is 25.2 Å². The monoisotopic (exact) mass is 447 g/mol. The summed E-state index contributed by atoms with van der Waals surface area (Å²) in [6, 6.07) is 0.973. The minimum Gasteiger partial charge on any atom is -0.444 e. The number of aromatic nitrogens is 3. The second-order valence-corrected chi connectivity index (χ2v) is 10.2. The van der Waals surface area contributed by atoms with Crippen molar-refractivity contribution in [2.24, 2.45) is 12.0 Å². The van der Waals surface area contributed by atoms with E-state index in [2.05, 4.69) is 26.1 Å². The lowest BCUT2D eigenvalue weighted by atomic mass is 9.91. The molecule has 2 aliphatic rings. The lowest BCUT2D eigenvalue weighted by Gasteiger charge is -2.32. The van der Waals surface area contributed by atoms with Crippen LogP contribution in [0.1, 0.15) is 90.2 Å². The van der Waals surface area contributed by atoms with Gasteiger partial charge in [0.05, 0.1) is 0 Å². The van der Waals surface area contributed by atoms with Gasteiger partial charge >= 0.3 is 6.09 Å². The van der Waals surface area contributed by atoms with Gasteiger partial charge in [-0.05, 0) is 66.2 Å². The van der Waals surface area contributed by atoms with Gasteiger partial charge in [-0.25, -0.2) is 9.79 Å². The summed E-state index contributed by atoms with van der Waals surface area (Å²) in [5.41, 5.74) is -0.472. The SMILES string of the molecule is Cc1nnc(CN=C(NC2CCCCC2)NC2CCC(NC(=O)OC(C)(C)C)CC2)n1C. The second kappa shape index (κ2) is 11.0. The zero-order valence-corrected chi connectivity index (χ0v) is 20.4. The fourth-order valence-electron chi connectivity index (χ4n) is 4.36. The number of hydrogen-bond acceptors (Lipinski definition) is 5. The summed E-state index contributed by atoms with van der Waals surface area (Å²) < 4.78 is 7.38. The normalized spacial score (nSPS) is 23.0. The van der Waals surface area contributed by atoms with Gasteiger partial charge in [0.1, 0.15) is 18.0 Å². The van der Waals surface area contributed by atoms with E-state index in [9.17, 15) is 4.79 Å². The highest BCUT2D eigenvalue weighted by Crippen LogP contribution is 2.20. The topological polar surface area (TPSA) is 105 Å². The highest BCUT2D eigenvalue weighted by Gasteiger charge is 2.26. The van der Waals surface area contributed by atoms with E-state index in [-0.39, 0.29) is 12.1 Å². The van der Waals surface area contributed by atoms with Crippen LogP contribution in [0.4, 0.5) is 4.79 Å². The predicted octanol–water partition coefficient (Wildman–Crippen LogP) is 3.33. The van der Waals surface area contributed by atoms with Gasteiger partial charge in [0.15, 0.2) is 11.8 Å². The molecule has 1 aromatic heterocycles. The van der Waals surface area contributed by atoms with Crippen LogP contribution in [-0.2, 0) is 18.3 Å². The third-order valence-electron chi connectivity index (χ3n) is 6.30. The Kier molecular flexibility index (Phi) is 8.37. The largest absolute Gasteiger partial charge is 0.444 e. The van der Waals surface area contributed by atoms with Crippen LogP contribution < -0.4 is 16.0 Å². The van der Waals surface area contributed by atoms with E-state index < -0.39 is 5.60 Å². The zero-order valence-electron chi connectivity index (χ0n) is 20.4. The van der Waals surface area contributed by atoms with Crippen molar-refractivity contribution in [1.29, 1.82) is 0 Å². The van der Waals surface area contributed by atoms with Crippen LogP contribution in [0.5, 0.6) is 0 Å². The van der Waals surface area contributed by atoms with Crippen LogP contribution in [-0.4, -0.2) is 50.5 Å². The molecule has 2 aliphatic carbocycles. The highest BCUT2D eigenvalue weighted by molar-refractivity contribution is 5.80. The maximum Gasteiger partial charge on any atom is 0.407 e. The lowest BCUT2D eigenvalue weighted by Crippen LogP contribution is -2.50. The van der Waals surface area contributed by atoms with Gasteiger partial charge in [0.2, 0.25) is 0 Å². The lowest BCUT2D eigenvalue weighted by molar-refractivity contribution is 0.0490. The number of aliphatic imine (C=N–C) groups is 1. The van der Waals surface area contributed by atoms with Crippen molar-refractivity contribution >= 4 is 12.1 Å². The van der Waals surface area contributed by atoms with Gasteiger partial charge < -0.3 is 25.3 Å². The molecule has 0 aliphatic heterocycles. The van der Waals surface area contributed by atoms with Crippen LogP contribution >= 0.6 is 0 Å². The summed E-state index contributed by atoms with van der Waals surface area (Å²) in [4.78, 5) is 16.9. The van der Waals surface area contributed by atoms with Crippen molar-refractivity contribution in [3.63, 3.8) is 0 Å². The summed E-state index contributed by atoms with van der Waals surface area (Å²) in [7, 11) is 1.97. The Balaban J connectivity index is 1.54. The van der Waals surface area contributed by atoms with E-state index in [4.69, 9.17) is 9.73 Å². The molecule has 3 N–H and O–H groups in total. The van der Waals surface area contributed by atoms with Crippen LogP contribution in [0.25, 0.3) is 0 Å². The van der Waals surface area contributed by atoms with Crippen LogP contribution in [0.3, 0.4) is 0 Å². The molecule has 32 heavy (non-hydrogen) atoms. The van der Waals surface area contributed by atoms with E-state index in [1.54, 1.807) is 0 Å². The Hall–Kier alpha value is -2.32. The zero-order chi connectivity index (χ0) is 23.1. The first-order chi connectivity index (χ1) is 15.2. The molecular formula is C23H41N7O2. The molecule has 0 aromatic carbocycles. The van der Waals surface area contributed by atoms with E-state index in [1.807, 2.05) is 39.3 Å². The van der Waals surface area contributed by atoms with Crippen LogP contribution in [0.2, 0.25) is 0 Å². The van der Waals surface area contributed by atoms with Crippen molar-refractivity contribution in [3.05, 3.63) is 11.6 Å². The average Bonchev–Trinajstić information content (AvgIpc) is 3.05. The minimum atomic E-state index is -0.472. The molecule has 0 spiro atoms. The number of ether oxygens (including phenoxy) is 1. The standard InChI is InChI=1S/C23H41N7O2/c1-16-28-29-20(30(16)5)15-24-21(25-17-9-7-6-8-10-17)26-18-11-13-19(14-12-18)27-22(31)32-23(2,3)4/h17-19H,6-15H2,1-5H3,(H,27,31)(H2,24,25,26). The Morgan fingerprint density at radius 1 is 0.969 bits per heavy atom. The molecule has 9 nitrogen and oxygen atoms in total. The quantitative estimate of drug-likeness (QED) is 0.472. The summed E-state index contributed by atoms with van der Waals surface area (Å²) >= 11 is 0. The molecular weight excluding hydrogens is 406 g/mol. The number of rotatable bonds is 5. The van der Waals surface area contributed by atoms with Crippen LogP contribution in [0.15, 0.2) is 4.99 Å². The maximum atomic E-state index is 12.1. The van der Waals surface area contributed by atoms with Gasteiger partial charge in [-0.15, -0.1) is 10.2 Å². The summed E-state index contributed by atoms with van der Waals surface area (Å²) in [6.45, 7) is 8.10. The third-order valence-corrected chi connectivity index (χ3v) is 6.30. The number of carbonyl (C=O) groups excluding carboxylic acids is 1. The predicted molar refractivity (Wildman–Crippen MR) is 125 cm³/mol. The van der Waals surface area contributed by atoms with Crippen LogP contribution in [0, 0.1) is 6.92 Å². The summed E-state index contributed by atoms with van der Waals surface area (Å²) in [6.07, 6.45) is 9.74. The van der Waals surface area contributed by atoms with Crippen molar-refractivity contribution < 1.29 is 9.53 Å². The van der Waals surface area contributed by atoms with E-state index in [0.29, 0.717) is 18.6 Å². The van der Waals surface area contributed by atoms with Crippen molar-refractivity contribution in [2.45, 2.75) is 116 Å². The fraction of sp³-hybridized carbons (Fsp3) is 0.826. The molecule has 1 aromatic rings. The highest BCUT2D eigenvalue weighted by atomic mass is 16.6. The minimum absolute atomic E-state index is 0.163. The fourth-order valence-corrected chi connectivity index (χ4v) is 4.36. The molecule has 1 heterocycles. The number of hydrogen-bond donors (Lipinski definition) is 3. The number of alkyl carbamates (subject to hydrolysis) is 1. The first-order valence-corrected chi connectivity index (χ1v) is 12.1. The Labute approximate surface area is 192 Å². The summed E-state index contributed by atoms with van der Waals surface area (Å²) in [5.74, 6) is 2.61. The molecule has 0 radical (unpaired) electrons. The number of nitrogens with zero attached hydrogens (tertiary/aromatic N) is 4. The Morgan fingerprint density at radius 3 is 2.06 bits per heavy atom. The van der Waals surface area contributed by atoms with Gasteiger partial charge in [0.25, 0.3) is 0 Å². The van der Waals surface area contributed by atoms with Crippen molar-refractivity contribution in [3.8, 4) is 0 Å². The van der Waals surface area contributed by atoms with E-state index in [0.717, 1.165) is 43.3 Å². The number of nitrogens with one attached hydrogen (secondary N) is 3. The average molecular weight is 448 g/mol. The molecule has 0 saturated heterocycles. The Morgan fingerprint density at radius 2 is 1.53 bits per heavy atom. The number of carbonyl (C=O) groups is 1. The molecule has 9 heteroatoms. The molecule has 0 atom stereocenters. The Bertz CT molecular complexity index is 770. The van der Waals surface area contributed by atoms with Crippen molar-refractivity contribution in [1.82, 2.24) is 30.7 Å². The number of aryl methyl sites for hydroxylation is 1. The van der Waals surface area contributed by atoms with Crippen molar-refractivity contribution in [2.75, 3.05) is 0 Å².